The van der Waals surface area contributed by atoms with Crippen molar-refractivity contribution >= 4 is 23.0 Å². The average molecular weight is 371 g/mol. The normalized spacial score (nSPS) is 17.4. The van der Waals surface area contributed by atoms with Crippen LogP contribution in [0.25, 0.3) is 11.0 Å². The Kier molecular flexibility index (Phi) is 4.49. The lowest BCUT2D eigenvalue weighted by Gasteiger charge is -2.34. The molecule has 1 saturated carbocycles. The van der Waals surface area contributed by atoms with E-state index in [1.54, 1.807) is 16.5 Å². The van der Waals surface area contributed by atoms with E-state index in [-0.39, 0.29) is 12.0 Å². The zero-order chi connectivity index (χ0) is 19.1. The lowest BCUT2D eigenvalue weighted by atomic mass is 10.1. The van der Waals surface area contributed by atoms with E-state index in [0.717, 1.165) is 35.3 Å². The van der Waals surface area contributed by atoms with E-state index in [0.29, 0.717) is 44.3 Å². The molecule has 0 radical (unpaired) electrons. The topological polar surface area (TPSA) is 80.6 Å². The number of carbonyl (C=O) groups excluding carboxylic acids is 2. The molecular weight excluding hydrogens is 346 g/mol. The second-order valence-electron chi connectivity index (χ2n) is 7.25. The third-order valence-corrected chi connectivity index (χ3v) is 5.31. The quantitative estimate of drug-likeness (QED) is 0.825. The minimum absolute atomic E-state index is 0.0103. The molecule has 2 aliphatic rings. The molecule has 0 unspecified atom stereocenters. The summed E-state index contributed by atoms with van der Waals surface area (Å²) in [5.41, 5.74) is 3.25. The number of carbonyl (C=O) groups is 2. The van der Waals surface area contributed by atoms with Gasteiger partial charge >= 0.3 is 6.09 Å². The zero-order valence-electron chi connectivity index (χ0n) is 16.1. The van der Waals surface area contributed by atoms with Crippen molar-refractivity contribution in [3.8, 4) is 0 Å². The lowest BCUT2D eigenvalue weighted by Crippen LogP contribution is -2.50. The highest BCUT2D eigenvalue weighted by molar-refractivity contribution is 6.06. The van der Waals surface area contributed by atoms with Gasteiger partial charge in [-0.1, -0.05) is 0 Å². The summed E-state index contributed by atoms with van der Waals surface area (Å²) in [6.45, 7) is 6.03. The van der Waals surface area contributed by atoms with E-state index < -0.39 is 0 Å². The van der Waals surface area contributed by atoms with E-state index in [4.69, 9.17) is 9.72 Å². The highest BCUT2D eigenvalue weighted by atomic mass is 16.6. The maximum atomic E-state index is 13.3. The molecule has 1 aliphatic carbocycles. The first-order valence-electron chi connectivity index (χ1n) is 9.54. The van der Waals surface area contributed by atoms with Crippen molar-refractivity contribution < 1.29 is 14.3 Å². The van der Waals surface area contributed by atoms with Gasteiger partial charge in [0.25, 0.3) is 5.91 Å². The summed E-state index contributed by atoms with van der Waals surface area (Å²) in [7, 11) is 1.87. The second-order valence-corrected chi connectivity index (χ2v) is 7.25. The summed E-state index contributed by atoms with van der Waals surface area (Å²) < 4.78 is 6.81. The van der Waals surface area contributed by atoms with Crippen LogP contribution in [0.2, 0.25) is 0 Å². The molecule has 2 aromatic rings. The number of pyridine rings is 1. The maximum absolute atomic E-state index is 13.3. The number of nitrogens with zero attached hydrogens (tertiary/aromatic N) is 5. The number of ether oxygens (including phenoxy) is 1. The number of fused-ring (bicyclic) bond motifs is 1. The van der Waals surface area contributed by atoms with Crippen molar-refractivity contribution in [3.63, 3.8) is 0 Å². The third kappa shape index (κ3) is 3.24. The zero-order valence-corrected chi connectivity index (χ0v) is 16.1. The van der Waals surface area contributed by atoms with E-state index in [1.807, 2.05) is 24.9 Å². The van der Waals surface area contributed by atoms with Crippen LogP contribution in [0.4, 0.5) is 4.79 Å². The predicted molar refractivity (Wildman–Crippen MR) is 99.7 cm³/mol. The largest absolute Gasteiger partial charge is 0.450 e. The summed E-state index contributed by atoms with van der Waals surface area (Å²) in [4.78, 5) is 33.4. The van der Waals surface area contributed by atoms with Crippen LogP contribution in [0.15, 0.2) is 6.07 Å². The van der Waals surface area contributed by atoms with Gasteiger partial charge in [-0.15, -0.1) is 0 Å². The van der Waals surface area contributed by atoms with Crippen molar-refractivity contribution in [2.45, 2.75) is 32.6 Å². The first-order chi connectivity index (χ1) is 13.0. The molecular formula is C19H25N5O3. The first-order valence-corrected chi connectivity index (χ1v) is 9.54. The number of hydrogen-bond donors (Lipinski definition) is 0. The van der Waals surface area contributed by atoms with Crippen LogP contribution >= 0.6 is 0 Å². The smallest absolute Gasteiger partial charge is 0.409 e. The molecule has 1 saturated heterocycles. The molecule has 8 heteroatoms. The Balaban J connectivity index is 1.60. The molecule has 0 aromatic carbocycles. The van der Waals surface area contributed by atoms with E-state index >= 15 is 0 Å². The van der Waals surface area contributed by atoms with Gasteiger partial charge in [-0.25, -0.2) is 9.78 Å². The Hall–Kier alpha value is -2.64. The molecule has 2 aromatic heterocycles. The summed E-state index contributed by atoms with van der Waals surface area (Å²) >= 11 is 0. The van der Waals surface area contributed by atoms with Gasteiger partial charge in [0.05, 0.1) is 23.3 Å². The van der Waals surface area contributed by atoms with Crippen LogP contribution < -0.4 is 0 Å². The Morgan fingerprint density at radius 1 is 1.19 bits per heavy atom. The molecule has 0 atom stereocenters. The van der Waals surface area contributed by atoms with E-state index in [9.17, 15) is 9.59 Å². The van der Waals surface area contributed by atoms with Crippen LogP contribution in [-0.4, -0.2) is 69.4 Å². The summed E-state index contributed by atoms with van der Waals surface area (Å²) in [5.74, 6) is 0.445. The summed E-state index contributed by atoms with van der Waals surface area (Å²) in [6, 6.07) is 1.95. The third-order valence-electron chi connectivity index (χ3n) is 5.31. The van der Waals surface area contributed by atoms with Crippen molar-refractivity contribution in [2.24, 2.45) is 7.05 Å². The van der Waals surface area contributed by atoms with Crippen molar-refractivity contribution in [1.29, 1.82) is 0 Å². The molecule has 0 bridgehead atoms. The fourth-order valence-corrected chi connectivity index (χ4v) is 3.70. The van der Waals surface area contributed by atoms with Gasteiger partial charge in [0.15, 0.2) is 5.65 Å². The predicted octanol–water partition coefficient (Wildman–Crippen LogP) is 2.07. The Bertz CT molecular complexity index is 894. The minimum Gasteiger partial charge on any atom is -0.450 e. The lowest BCUT2D eigenvalue weighted by molar-refractivity contribution is 0.0572. The average Bonchev–Trinajstić information content (AvgIpc) is 3.47. The standard InChI is InChI=1S/C19H25N5O3/c1-4-27-19(26)24-9-7-23(8-10-24)18(25)14-11-15(13-5-6-13)20-17-16(14)12(2)21-22(17)3/h11,13H,4-10H2,1-3H3. The second kappa shape index (κ2) is 6.83. The maximum Gasteiger partial charge on any atom is 0.409 e. The Morgan fingerprint density at radius 2 is 1.85 bits per heavy atom. The number of piperazine rings is 1. The molecule has 2 amide bonds. The molecule has 0 N–H and O–H groups in total. The molecule has 8 nitrogen and oxygen atoms in total. The molecule has 27 heavy (non-hydrogen) atoms. The van der Waals surface area contributed by atoms with Crippen LogP contribution in [0.1, 0.15) is 47.4 Å². The molecule has 0 spiro atoms. The Labute approximate surface area is 158 Å². The van der Waals surface area contributed by atoms with Crippen LogP contribution in [0.3, 0.4) is 0 Å². The molecule has 144 valence electrons. The van der Waals surface area contributed by atoms with Gasteiger partial charge < -0.3 is 14.5 Å². The summed E-state index contributed by atoms with van der Waals surface area (Å²) in [5, 5.41) is 5.30. The fraction of sp³-hybridized carbons (Fsp3) is 0.579. The minimum atomic E-state index is -0.310. The van der Waals surface area contributed by atoms with Crippen LogP contribution in [0, 0.1) is 6.92 Å². The van der Waals surface area contributed by atoms with Crippen molar-refractivity contribution in [3.05, 3.63) is 23.0 Å². The fourth-order valence-electron chi connectivity index (χ4n) is 3.70. The van der Waals surface area contributed by atoms with Crippen LogP contribution in [0.5, 0.6) is 0 Å². The SMILES string of the molecule is CCOC(=O)N1CCN(C(=O)c2cc(C3CC3)nc3c2c(C)nn3C)CC1. The van der Waals surface area contributed by atoms with Gasteiger partial charge in [0.2, 0.25) is 0 Å². The number of aryl methyl sites for hydroxylation is 2. The Morgan fingerprint density at radius 3 is 2.48 bits per heavy atom. The van der Waals surface area contributed by atoms with Gasteiger partial charge in [-0.2, -0.15) is 5.10 Å². The molecule has 1 aliphatic heterocycles. The monoisotopic (exact) mass is 371 g/mol. The van der Waals surface area contributed by atoms with Gasteiger partial charge in [0.1, 0.15) is 0 Å². The molecule has 3 heterocycles. The summed E-state index contributed by atoms with van der Waals surface area (Å²) in [6.07, 6.45) is 1.94. The molecule has 2 fully saturated rings. The van der Waals surface area contributed by atoms with Gasteiger partial charge in [-0.05, 0) is 32.8 Å². The van der Waals surface area contributed by atoms with Crippen molar-refractivity contribution in [2.75, 3.05) is 32.8 Å². The first kappa shape index (κ1) is 17.8. The molecule has 4 rings (SSSR count). The number of hydrogen-bond acceptors (Lipinski definition) is 5. The van der Waals surface area contributed by atoms with E-state index in [2.05, 4.69) is 5.10 Å². The number of rotatable bonds is 3. The highest BCUT2D eigenvalue weighted by Crippen LogP contribution is 2.40. The van der Waals surface area contributed by atoms with Gasteiger partial charge in [0, 0.05) is 44.8 Å². The van der Waals surface area contributed by atoms with Gasteiger partial charge in [-0.3, -0.25) is 9.48 Å². The number of aromatic nitrogens is 3. The van der Waals surface area contributed by atoms with Crippen LogP contribution in [-0.2, 0) is 11.8 Å². The van der Waals surface area contributed by atoms with E-state index in [1.165, 1.54) is 0 Å². The highest BCUT2D eigenvalue weighted by Gasteiger charge is 2.31. The van der Waals surface area contributed by atoms with Crippen molar-refractivity contribution in [1.82, 2.24) is 24.6 Å². The number of amides is 2.